The van der Waals surface area contributed by atoms with Crippen LogP contribution >= 0.6 is 0 Å². The molecule has 0 aliphatic heterocycles. The Bertz CT molecular complexity index is 802. The minimum atomic E-state index is -0.545. The van der Waals surface area contributed by atoms with E-state index in [0.717, 1.165) is 0 Å². The van der Waals surface area contributed by atoms with Crippen LogP contribution in [0.5, 0.6) is 0 Å². The number of benzene rings is 1. The molecule has 0 saturated carbocycles. The lowest BCUT2D eigenvalue weighted by atomic mass is 10.2. The molecule has 25 heavy (non-hydrogen) atoms. The van der Waals surface area contributed by atoms with E-state index in [-0.39, 0.29) is 5.69 Å². The summed E-state index contributed by atoms with van der Waals surface area (Å²) < 4.78 is 0. The summed E-state index contributed by atoms with van der Waals surface area (Å²) in [5.41, 5.74) is 11.5. The molecule has 3 amide bonds. The number of hydrogen-bond acceptors (Lipinski definition) is 6. The monoisotopic (exact) mass is 340 g/mol. The van der Waals surface area contributed by atoms with Gasteiger partial charge in [0.05, 0.1) is 6.20 Å². The number of anilines is 1. The van der Waals surface area contributed by atoms with Crippen molar-refractivity contribution < 1.29 is 14.4 Å². The fourth-order valence-corrected chi connectivity index (χ4v) is 1.76. The van der Waals surface area contributed by atoms with Gasteiger partial charge in [-0.3, -0.25) is 24.8 Å². The summed E-state index contributed by atoms with van der Waals surface area (Å²) in [5.74, 6) is -1.44. The number of nitrogens with zero attached hydrogens (tertiary/aromatic N) is 2. The third-order valence-electron chi connectivity index (χ3n) is 2.95. The average Bonchev–Trinajstić information content (AvgIpc) is 2.60. The average molecular weight is 340 g/mol. The van der Waals surface area contributed by atoms with E-state index in [1.54, 1.807) is 19.1 Å². The number of hydrazine groups is 1. The van der Waals surface area contributed by atoms with Gasteiger partial charge in [0.1, 0.15) is 5.69 Å². The van der Waals surface area contributed by atoms with Crippen molar-refractivity contribution in [3.8, 4) is 0 Å². The summed E-state index contributed by atoms with van der Waals surface area (Å²) >= 11 is 0. The van der Waals surface area contributed by atoms with Gasteiger partial charge in [-0.05, 0) is 31.2 Å². The number of rotatable bonds is 6. The van der Waals surface area contributed by atoms with Crippen LogP contribution in [0.25, 0.3) is 0 Å². The number of nitrogens with two attached hydrogens (primary N) is 1. The number of allylic oxidation sites excluding steroid dienone is 1. The number of carbonyl (C=O) groups is 3. The molecule has 1 heterocycles. The van der Waals surface area contributed by atoms with E-state index < -0.39 is 17.7 Å². The first kappa shape index (κ1) is 17.6. The number of primary amides is 1. The predicted octanol–water partition coefficient (Wildman–Crippen LogP) is 0.352. The summed E-state index contributed by atoms with van der Waals surface area (Å²) in [7, 11) is 0. The molecule has 0 saturated heterocycles. The normalized spacial score (nSPS) is 10.7. The Hall–Kier alpha value is -3.75. The molecule has 2 rings (SSSR count). The molecular formula is C16H16N6O3. The maximum atomic E-state index is 11.9. The second-order valence-corrected chi connectivity index (χ2v) is 4.93. The molecule has 1 aromatic carbocycles. The number of nitrogens with one attached hydrogen (secondary N) is 3. The summed E-state index contributed by atoms with van der Waals surface area (Å²) in [4.78, 5) is 42.3. The van der Waals surface area contributed by atoms with Crippen molar-refractivity contribution in [2.24, 2.45) is 5.73 Å². The highest BCUT2D eigenvalue weighted by molar-refractivity contribution is 6.00. The van der Waals surface area contributed by atoms with Crippen LogP contribution < -0.4 is 21.9 Å². The molecule has 0 aliphatic carbocycles. The van der Waals surface area contributed by atoms with Gasteiger partial charge >= 0.3 is 0 Å². The summed E-state index contributed by atoms with van der Waals surface area (Å²) in [6, 6.07) is 6.14. The first-order valence-electron chi connectivity index (χ1n) is 7.17. The van der Waals surface area contributed by atoms with Crippen LogP contribution in [0, 0.1) is 0 Å². The van der Waals surface area contributed by atoms with Crippen LogP contribution in [0.1, 0.15) is 27.8 Å². The molecule has 128 valence electrons. The lowest BCUT2D eigenvalue weighted by Gasteiger charge is -2.08. The van der Waals surface area contributed by atoms with Gasteiger partial charge < -0.3 is 16.5 Å². The molecule has 2 aromatic rings. The Morgan fingerprint density at radius 2 is 1.80 bits per heavy atom. The molecular weight excluding hydrogens is 324 g/mol. The molecule has 1 aromatic heterocycles. The first-order chi connectivity index (χ1) is 12.0. The fraction of sp³-hybridized carbons (Fsp3) is 0.0625. The molecule has 0 aliphatic rings. The Kier molecular flexibility index (Phi) is 5.77. The minimum Gasteiger partial charge on any atom is -0.366 e. The van der Waals surface area contributed by atoms with Crippen molar-refractivity contribution >= 4 is 23.4 Å². The highest BCUT2D eigenvalue weighted by Crippen LogP contribution is 2.09. The van der Waals surface area contributed by atoms with E-state index in [2.05, 4.69) is 26.1 Å². The van der Waals surface area contributed by atoms with Gasteiger partial charge in [0, 0.05) is 35.4 Å². The van der Waals surface area contributed by atoms with Crippen LogP contribution in [-0.2, 0) is 4.79 Å². The predicted molar refractivity (Wildman–Crippen MR) is 90.0 cm³/mol. The van der Waals surface area contributed by atoms with E-state index in [9.17, 15) is 14.4 Å². The van der Waals surface area contributed by atoms with E-state index in [0.29, 0.717) is 16.9 Å². The number of aromatic nitrogens is 2. The summed E-state index contributed by atoms with van der Waals surface area (Å²) in [6.45, 7) is 1.60. The Morgan fingerprint density at radius 1 is 1.08 bits per heavy atom. The van der Waals surface area contributed by atoms with Crippen LogP contribution in [-0.4, -0.2) is 27.7 Å². The highest BCUT2D eigenvalue weighted by atomic mass is 16.2. The van der Waals surface area contributed by atoms with E-state index >= 15 is 0 Å². The third kappa shape index (κ3) is 5.43. The second kappa shape index (κ2) is 8.20. The van der Waals surface area contributed by atoms with Crippen LogP contribution in [0.15, 0.2) is 54.6 Å². The van der Waals surface area contributed by atoms with Crippen molar-refractivity contribution in [3.63, 3.8) is 0 Å². The maximum Gasteiger partial charge on any atom is 0.289 e. The summed E-state index contributed by atoms with van der Waals surface area (Å²) in [5, 5.41) is 2.62. The molecule has 9 nitrogen and oxygen atoms in total. The number of amides is 3. The maximum absolute atomic E-state index is 11.9. The lowest BCUT2D eigenvalue weighted by Crippen LogP contribution is -2.37. The molecule has 0 unspecified atom stereocenters. The Labute approximate surface area is 143 Å². The Balaban J connectivity index is 1.87. The van der Waals surface area contributed by atoms with Crippen LogP contribution in [0.4, 0.5) is 5.69 Å². The zero-order valence-corrected chi connectivity index (χ0v) is 13.3. The molecule has 5 N–H and O–H groups in total. The molecule has 0 bridgehead atoms. The SMILES string of the molecule is C/C(=C/C(=O)Nc1ccc(C(N)=O)cc1)NNC(=O)c1cnccn1. The van der Waals surface area contributed by atoms with E-state index in [1.807, 2.05) is 0 Å². The van der Waals surface area contributed by atoms with Gasteiger partial charge in [-0.15, -0.1) is 0 Å². The molecule has 0 radical (unpaired) electrons. The van der Waals surface area contributed by atoms with Gasteiger partial charge in [0.25, 0.3) is 5.91 Å². The van der Waals surface area contributed by atoms with Gasteiger partial charge in [-0.25, -0.2) is 4.98 Å². The van der Waals surface area contributed by atoms with Gasteiger partial charge in [-0.2, -0.15) is 0 Å². The third-order valence-corrected chi connectivity index (χ3v) is 2.95. The molecule has 0 fully saturated rings. The van der Waals surface area contributed by atoms with Gasteiger partial charge in [0.15, 0.2) is 0 Å². The molecule has 0 spiro atoms. The molecule has 9 heteroatoms. The fourth-order valence-electron chi connectivity index (χ4n) is 1.76. The number of hydrogen-bond donors (Lipinski definition) is 4. The van der Waals surface area contributed by atoms with Crippen molar-refractivity contribution in [1.29, 1.82) is 0 Å². The van der Waals surface area contributed by atoms with E-state index in [4.69, 9.17) is 5.73 Å². The minimum absolute atomic E-state index is 0.141. The van der Waals surface area contributed by atoms with Crippen molar-refractivity contribution in [1.82, 2.24) is 20.8 Å². The van der Waals surface area contributed by atoms with Gasteiger partial charge in [-0.1, -0.05) is 0 Å². The zero-order chi connectivity index (χ0) is 18.2. The topological polar surface area (TPSA) is 139 Å². The van der Waals surface area contributed by atoms with Crippen LogP contribution in [0.3, 0.4) is 0 Å². The lowest BCUT2D eigenvalue weighted by molar-refractivity contribution is -0.112. The van der Waals surface area contributed by atoms with Crippen LogP contribution in [0.2, 0.25) is 0 Å². The van der Waals surface area contributed by atoms with Gasteiger partial charge in [0.2, 0.25) is 11.8 Å². The quantitative estimate of drug-likeness (QED) is 0.442. The molecule has 0 atom stereocenters. The summed E-state index contributed by atoms with van der Waals surface area (Å²) in [6.07, 6.45) is 5.43. The highest BCUT2D eigenvalue weighted by Gasteiger charge is 2.06. The Morgan fingerprint density at radius 3 is 2.40 bits per heavy atom. The largest absolute Gasteiger partial charge is 0.366 e. The van der Waals surface area contributed by atoms with E-state index in [1.165, 1.54) is 36.8 Å². The first-order valence-corrected chi connectivity index (χ1v) is 7.17. The second-order valence-electron chi connectivity index (χ2n) is 4.93. The standard InChI is InChI=1S/C16H16N6O3/c1-10(21-22-16(25)13-9-18-6-7-19-13)8-14(23)20-12-4-2-11(3-5-12)15(17)24/h2-9,21H,1H3,(H2,17,24)(H,20,23)(H,22,25)/b10-8-. The number of carbonyl (C=O) groups excluding carboxylic acids is 3. The zero-order valence-electron chi connectivity index (χ0n) is 13.3. The van der Waals surface area contributed by atoms with Crippen molar-refractivity contribution in [3.05, 3.63) is 65.9 Å². The van der Waals surface area contributed by atoms with Crippen molar-refractivity contribution in [2.75, 3.05) is 5.32 Å². The smallest absolute Gasteiger partial charge is 0.289 e. The van der Waals surface area contributed by atoms with Crippen molar-refractivity contribution in [2.45, 2.75) is 6.92 Å².